The molecule has 134 valence electrons. The fraction of sp³-hybridized carbons (Fsp3) is 0.211. The molecule has 0 aliphatic rings. The number of nitrogens with one attached hydrogen (secondary N) is 1. The normalized spacial score (nSPS) is 10.8. The van der Waals surface area contributed by atoms with Crippen LogP contribution in [-0.4, -0.2) is 26.4 Å². The number of rotatable bonds is 5. The van der Waals surface area contributed by atoms with E-state index >= 15 is 0 Å². The highest BCUT2D eigenvalue weighted by Gasteiger charge is 2.12. The molecule has 7 heteroatoms. The Balaban J connectivity index is 1.80. The van der Waals surface area contributed by atoms with E-state index in [-0.39, 0.29) is 5.91 Å². The number of hydrogen-bond donors (Lipinski definition) is 1. The van der Waals surface area contributed by atoms with Crippen LogP contribution in [0, 0.1) is 19.7 Å². The summed E-state index contributed by atoms with van der Waals surface area (Å²) in [6, 6.07) is 9.81. The summed E-state index contributed by atoms with van der Waals surface area (Å²) in [4.78, 5) is 16.6. The lowest BCUT2D eigenvalue weighted by Crippen LogP contribution is -2.13. The first-order valence-corrected chi connectivity index (χ1v) is 9.20. The van der Waals surface area contributed by atoms with Crippen molar-refractivity contribution in [2.75, 3.05) is 11.1 Å². The molecule has 1 amide bonds. The second-order valence-electron chi connectivity index (χ2n) is 5.77. The fourth-order valence-electron chi connectivity index (χ4n) is 2.61. The largest absolute Gasteiger partial charge is 0.322 e. The van der Waals surface area contributed by atoms with Crippen molar-refractivity contribution in [2.24, 2.45) is 0 Å². The second kappa shape index (κ2) is 7.70. The number of amides is 1. The van der Waals surface area contributed by atoms with Gasteiger partial charge < -0.3 is 5.32 Å². The first-order valence-electron chi connectivity index (χ1n) is 8.21. The third kappa shape index (κ3) is 3.94. The van der Waals surface area contributed by atoms with Crippen molar-refractivity contribution < 1.29 is 9.18 Å². The Kier molecular flexibility index (Phi) is 5.37. The average molecular weight is 370 g/mol. The van der Waals surface area contributed by atoms with Gasteiger partial charge in [0.2, 0.25) is 0 Å². The number of anilines is 1. The third-order valence-electron chi connectivity index (χ3n) is 3.73. The molecule has 0 spiro atoms. The van der Waals surface area contributed by atoms with E-state index in [1.807, 2.05) is 26.8 Å². The first-order chi connectivity index (χ1) is 12.5. The van der Waals surface area contributed by atoms with Gasteiger partial charge in [0, 0.05) is 23.1 Å². The van der Waals surface area contributed by atoms with Crippen molar-refractivity contribution in [1.82, 2.24) is 14.8 Å². The molecule has 5 nitrogen and oxygen atoms in total. The Morgan fingerprint density at radius 1 is 1.23 bits per heavy atom. The summed E-state index contributed by atoms with van der Waals surface area (Å²) in [5, 5.41) is 7.79. The van der Waals surface area contributed by atoms with Crippen LogP contribution in [0.3, 0.4) is 0 Å². The molecule has 0 bridgehead atoms. The number of thioether (sulfide) groups is 1. The molecule has 2 heterocycles. The van der Waals surface area contributed by atoms with Crippen molar-refractivity contribution >= 4 is 23.4 Å². The predicted octanol–water partition coefficient (Wildman–Crippen LogP) is 4.39. The van der Waals surface area contributed by atoms with Crippen molar-refractivity contribution in [2.45, 2.75) is 25.8 Å². The lowest BCUT2D eigenvalue weighted by atomic mass is 10.2. The third-order valence-corrected chi connectivity index (χ3v) is 4.54. The molecule has 0 saturated heterocycles. The van der Waals surface area contributed by atoms with Crippen LogP contribution in [0.15, 0.2) is 47.6 Å². The summed E-state index contributed by atoms with van der Waals surface area (Å²) in [6.45, 7) is 5.74. The van der Waals surface area contributed by atoms with Crippen LogP contribution in [0.1, 0.15) is 28.7 Å². The highest BCUT2D eigenvalue weighted by molar-refractivity contribution is 7.99. The molecular formula is C19H19FN4OS. The minimum atomic E-state index is -0.453. The summed E-state index contributed by atoms with van der Waals surface area (Å²) >= 11 is 1.56. The maximum atomic E-state index is 14.5. The van der Waals surface area contributed by atoms with E-state index in [0.717, 1.165) is 22.2 Å². The maximum absolute atomic E-state index is 14.5. The van der Waals surface area contributed by atoms with Gasteiger partial charge in [0.25, 0.3) is 5.91 Å². The van der Waals surface area contributed by atoms with E-state index < -0.39 is 5.82 Å². The molecule has 2 aromatic heterocycles. The maximum Gasteiger partial charge on any atom is 0.255 e. The van der Waals surface area contributed by atoms with Gasteiger partial charge in [-0.25, -0.2) is 14.1 Å². The predicted molar refractivity (Wildman–Crippen MR) is 102 cm³/mol. The molecule has 0 saturated carbocycles. The zero-order chi connectivity index (χ0) is 18.7. The van der Waals surface area contributed by atoms with E-state index in [0.29, 0.717) is 16.9 Å². The number of carbonyl (C=O) groups is 1. The summed E-state index contributed by atoms with van der Waals surface area (Å²) in [5.74, 6) is 0.117. The molecule has 3 aromatic rings. The van der Waals surface area contributed by atoms with Gasteiger partial charge >= 0.3 is 0 Å². The van der Waals surface area contributed by atoms with Crippen LogP contribution >= 0.6 is 11.8 Å². The molecule has 0 aliphatic heterocycles. The molecule has 0 radical (unpaired) electrons. The van der Waals surface area contributed by atoms with Gasteiger partial charge in [0.15, 0.2) is 5.82 Å². The number of halogens is 1. The number of benzene rings is 1. The molecule has 0 atom stereocenters. The first kappa shape index (κ1) is 18.1. The zero-order valence-corrected chi connectivity index (χ0v) is 15.6. The molecule has 1 aromatic carbocycles. The van der Waals surface area contributed by atoms with Crippen molar-refractivity contribution in [3.8, 4) is 5.69 Å². The van der Waals surface area contributed by atoms with Crippen LogP contribution < -0.4 is 5.32 Å². The monoisotopic (exact) mass is 370 g/mol. The Morgan fingerprint density at radius 3 is 2.69 bits per heavy atom. The van der Waals surface area contributed by atoms with E-state index in [4.69, 9.17) is 0 Å². The Bertz CT molecular complexity index is 954. The lowest BCUT2D eigenvalue weighted by Gasteiger charge is -2.10. The lowest BCUT2D eigenvalue weighted by molar-refractivity contribution is 0.102. The van der Waals surface area contributed by atoms with E-state index in [1.54, 1.807) is 46.9 Å². The molecule has 0 fully saturated rings. The number of carbonyl (C=O) groups excluding carboxylic acids is 1. The molecule has 1 N–H and O–H groups in total. The highest BCUT2D eigenvalue weighted by atomic mass is 32.2. The highest BCUT2D eigenvalue weighted by Crippen LogP contribution is 2.21. The van der Waals surface area contributed by atoms with Crippen LogP contribution in [0.25, 0.3) is 5.69 Å². The van der Waals surface area contributed by atoms with E-state index in [2.05, 4.69) is 15.4 Å². The zero-order valence-electron chi connectivity index (χ0n) is 14.8. The summed E-state index contributed by atoms with van der Waals surface area (Å²) in [5.41, 5.74) is 2.88. The van der Waals surface area contributed by atoms with Crippen molar-refractivity contribution in [3.05, 3.63) is 65.4 Å². The number of pyridine rings is 1. The quantitative estimate of drug-likeness (QED) is 0.677. The van der Waals surface area contributed by atoms with Gasteiger partial charge in [-0.15, -0.1) is 11.8 Å². The topological polar surface area (TPSA) is 59.8 Å². The molecular weight excluding hydrogens is 351 g/mol. The van der Waals surface area contributed by atoms with E-state index in [9.17, 15) is 9.18 Å². The van der Waals surface area contributed by atoms with Gasteiger partial charge in [-0.1, -0.05) is 6.92 Å². The van der Waals surface area contributed by atoms with Crippen LogP contribution in [-0.2, 0) is 0 Å². The fourth-order valence-corrected chi connectivity index (χ4v) is 3.25. The number of aromatic nitrogens is 3. The average Bonchev–Trinajstić information content (AvgIpc) is 2.94. The van der Waals surface area contributed by atoms with Gasteiger partial charge in [-0.05, 0) is 56.0 Å². The van der Waals surface area contributed by atoms with Crippen molar-refractivity contribution in [3.63, 3.8) is 0 Å². The molecule has 0 unspecified atom stereocenters. The van der Waals surface area contributed by atoms with Gasteiger partial charge in [-0.2, -0.15) is 5.10 Å². The number of nitrogens with zero attached hydrogens (tertiary/aromatic N) is 3. The minimum absolute atomic E-state index is 0.302. The SMILES string of the molecule is CCSc1cc(C(=O)Nc2ccc(-n3nc(C)cc3C)c(F)c2)ccn1. The Labute approximate surface area is 155 Å². The van der Waals surface area contributed by atoms with Crippen LogP contribution in [0.5, 0.6) is 0 Å². The summed E-state index contributed by atoms with van der Waals surface area (Å²) in [6.07, 6.45) is 1.60. The standard InChI is InChI=1S/C19H19FN4OS/c1-4-26-18-10-14(7-8-21-18)19(25)22-15-5-6-17(16(20)11-15)24-13(3)9-12(2)23-24/h5-11H,4H2,1-3H3,(H,22,25). The number of hydrogen-bond acceptors (Lipinski definition) is 4. The molecule has 0 aliphatic carbocycles. The molecule has 26 heavy (non-hydrogen) atoms. The Morgan fingerprint density at radius 2 is 2.04 bits per heavy atom. The smallest absolute Gasteiger partial charge is 0.255 e. The van der Waals surface area contributed by atoms with Gasteiger partial charge in [-0.3, -0.25) is 4.79 Å². The van der Waals surface area contributed by atoms with Gasteiger partial charge in [0.05, 0.1) is 10.7 Å². The second-order valence-corrected chi connectivity index (χ2v) is 7.06. The number of aryl methyl sites for hydroxylation is 2. The van der Waals surface area contributed by atoms with Gasteiger partial charge in [0.1, 0.15) is 5.69 Å². The summed E-state index contributed by atoms with van der Waals surface area (Å²) < 4.78 is 16.1. The Hall–Kier alpha value is -2.67. The minimum Gasteiger partial charge on any atom is -0.322 e. The molecule has 3 rings (SSSR count). The van der Waals surface area contributed by atoms with Crippen LogP contribution in [0.4, 0.5) is 10.1 Å². The summed E-state index contributed by atoms with van der Waals surface area (Å²) in [7, 11) is 0. The van der Waals surface area contributed by atoms with Crippen molar-refractivity contribution in [1.29, 1.82) is 0 Å². The van der Waals surface area contributed by atoms with E-state index in [1.165, 1.54) is 6.07 Å². The van der Waals surface area contributed by atoms with Crippen LogP contribution in [0.2, 0.25) is 0 Å².